The van der Waals surface area contributed by atoms with E-state index in [1.165, 1.54) is 12.1 Å². The molecule has 0 bridgehead atoms. The van der Waals surface area contributed by atoms with Crippen LogP contribution in [0.25, 0.3) is 11.0 Å². The van der Waals surface area contributed by atoms with E-state index in [1.807, 2.05) is 30.3 Å². The van der Waals surface area contributed by atoms with Crippen LogP contribution in [-0.4, -0.2) is 10.1 Å². The summed E-state index contributed by atoms with van der Waals surface area (Å²) in [6.07, 6.45) is 3.39. The minimum absolute atomic E-state index is 0.271. The van der Waals surface area contributed by atoms with Crippen LogP contribution in [0.2, 0.25) is 0 Å². The maximum absolute atomic E-state index is 13.0. The molecule has 4 rings (SSSR count). The van der Waals surface area contributed by atoms with Crippen molar-refractivity contribution in [1.29, 1.82) is 0 Å². The number of anilines is 2. The first-order valence-corrected chi connectivity index (χ1v) is 7.72. The van der Waals surface area contributed by atoms with Crippen molar-refractivity contribution in [1.82, 2.24) is 10.1 Å². The van der Waals surface area contributed by atoms with Crippen LogP contribution in [0.3, 0.4) is 0 Å². The lowest BCUT2D eigenvalue weighted by Crippen LogP contribution is -1.97. The van der Waals surface area contributed by atoms with Crippen molar-refractivity contribution in [3.05, 3.63) is 78.4 Å². The third-order valence-electron chi connectivity index (χ3n) is 3.69. The van der Waals surface area contributed by atoms with Gasteiger partial charge in [0.05, 0.1) is 11.9 Å². The smallest absolute Gasteiger partial charge is 0.185 e. The monoisotopic (exact) mass is 335 g/mol. The Morgan fingerprint density at radius 3 is 2.72 bits per heavy atom. The van der Waals surface area contributed by atoms with Gasteiger partial charge in [-0.2, -0.15) is 0 Å². The van der Waals surface area contributed by atoms with Gasteiger partial charge in [-0.1, -0.05) is 23.4 Å². The fourth-order valence-electron chi connectivity index (χ4n) is 2.48. The van der Waals surface area contributed by atoms with Gasteiger partial charge >= 0.3 is 0 Å². The summed E-state index contributed by atoms with van der Waals surface area (Å²) in [6, 6.07) is 15.4. The molecule has 2 aromatic heterocycles. The largest absolute Gasteiger partial charge is 0.488 e. The number of pyridine rings is 1. The van der Waals surface area contributed by atoms with Gasteiger partial charge in [-0.25, -0.2) is 4.39 Å². The Bertz CT molecular complexity index is 985. The van der Waals surface area contributed by atoms with Crippen molar-refractivity contribution in [3.63, 3.8) is 0 Å². The van der Waals surface area contributed by atoms with Crippen molar-refractivity contribution < 1.29 is 13.7 Å². The van der Waals surface area contributed by atoms with Gasteiger partial charge in [0, 0.05) is 6.20 Å². The van der Waals surface area contributed by atoms with E-state index in [2.05, 4.69) is 15.5 Å². The quantitative estimate of drug-likeness (QED) is 0.573. The Labute approximate surface area is 143 Å². The van der Waals surface area contributed by atoms with Gasteiger partial charge in [0.25, 0.3) is 0 Å². The summed E-state index contributed by atoms with van der Waals surface area (Å²) in [7, 11) is 0. The van der Waals surface area contributed by atoms with Crippen molar-refractivity contribution >= 4 is 22.5 Å². The maximum Gasteiger partial charge on any atom is 0.185 e. The van der Waals surface area contributed by atoms with Crippen molar-refractivity contribution in [2.75, 3.05) is 5.32 Å². The Morgan fingerprint density at radius 2 is 1.92 bits per heavy atom. The molecule has 0 radical (unpaired) electrons. The summed E-state index contributed by atoms with van der Waals surface area (Å²) in [5.41, 5.74) is 2.28. The minimum Gasteiger partial charge on any atom is -0.488 e. The van der Waals surface area contributed by atoms with E-state index in [4.69, 9.17) is 9.26 Å². The molecular formula is C19H14FN3O2. The second-order valence-electron chi connectivity index (χ2n) is 5.44. The van der Waals surface area contributed by atoms with E-state index in [0.29, 0.717) is 23.8 Å². The van der Waals surface area contributed by atoms with Gasteiger partial charge in [-0.15, -0.1) is 0 Å². The summed E-state index contributed by atoms with van der Waals surface area (Å²) >= 11 is 0. The molecule has 0 fully saturated rings. The lowest BCUT2D eigenvalue weighted by molar-refractivity contribution is 0.310. The molecular weight excluding hydrogens is 321 g/mol. The Morgan fingerprint density at radius 1 is 1.04 bits per heavy atom. The van der Waals surface area contributed by atoms with Crippen LogP contribution in [-0.2, 0) is 6.61 Å². The zero-order valence-electron chi connectivity index (χ0n) is 13.1. The number of nitrogens with zero attached hydrogens (tertiary/aromatic N) is 2. The number of halogens is 1. The van der Waals surface area contributed by atoms with Gasteiger partial charge in [0.15, 0.2) is 11.4 Å². The summed E-state index contributed by atoms with van der Waals surface area (Å²) in [5.74, 6) is 0.917. The average Bonchev–Trinajstić information content (AvgIpc) is 3.06. The third kappa shape index (κ3) is 3.28. The summed E-state index contributed by atoms with van der Waals surface area (Å²) in [5, 5.41) is 7.99. The normalized spacial score (nSPS) is 10.8. The lowest BCUT2D eigenvalue weighted by Gasteiger charge is -2.08. The van der Waals surface area contributed by atoms with Crippen LogP contribution in [0.1, 0.15) is 5.56 Å². The molecule has 5 nitrogen and oxygen atoms in total. The van der Waals surface area contributed by atoms with Crippen molar-refractivity contribution in [3.8, 4) is 5.75 Å². The maximum atomic E-state index is 13.0. The fraction of sp³-hybridized carbons (Fsp3) is 0.0526. The first kappa shape index (κ1) is 15.1. The minimum atomic E-state index is -0.271. The molecule has 4 aromatic rings. The molecule has 124 valence electrons. The number of nitrogens with one attached hydrogen (secondary N) is 1. The zero-order valence-corrected chi connectivity index (χ0v) is 13.1. The number of ether oxygens (including phenoxy) is 1. The Kier molecular flexibility index (Phi) is 4.00. The zero-order chi connectivity index (χ0) is 17.1. The molecule has 0 aliphatic carbocycles. The van der Waals surface area contributed by atoms with Crippen LogP contribution in [0, 0.1) is 5.82 Å². The first-order chi connectivity index (χ1) is 12.3. The average molecular weight is 335 g/mol. The fourth-order valence-corrected chi connectivity index (χ4v) is 2.48. The Hall–Kier alpha value is -3.41. The van der Waals surface area contributed by atoms with Gasteiger partial charge < -0.3 is 14.6 Å². The molecule has 2 aromatic carbocycles. The van der Waals surface area contributed by atoms with Crippen LogP contribution < -0.4 is 10.1 Å². The van der Waals surface area contributed by atoms with E-state index in [1.54, 1.807) is 24.5 Å². The highest BCUT2D eigenvalue weighted by molar-refractivity contribution is 5.95. The summed E-state index contributed by atoms with van der Waals surface area (Å²) in [4.78, 5) is 4.07. The van der Waals surface area contributed by atoms with E-state index in [9.17, 15) is 4.39 Å². The second-order valence-corrected chi connectivity index (χ2v) is 5.44. The first-order valence-electron chi connectivity index (χ1n) is 7.72. The van der Waals surface area contributed by atoms with E-state index in [0.717, 1.165) is 16.6 Å². The molecule has 0 atom stereocenters. The molecule has 0 aliphatic heterocycles. The van der Waals surface area contributed by atoms with Gasteiger partial charge in [0.2, 0.25) is 0 Å². The van der Waals surface area contributed by atoms with Crippen molar-refractivity contribution in [2.24, 2.45) is 0 Å². The molecule has 0 saturated carbocycles. The van der Waals surface area contributed by atoms with Crippen LogP contribution in [0.5, 0.6) is 5.75 Å². The third-order valence-corrected chi connectivity index (χ3v) is 3.69. The second kappa shape index (κ2) is 6.60. The summed E-state index contributed by atoms with van der Waals surface area (Å²) in [6.45, 7) is 0.316. The standard InChI is InChI=1S/C19H14FN3O2/c20-14-8-6-13(7-9-14)12-24-16-4-1-5-17-18(16)19(23-25-17)22-15-3-2-10-21-11-15/h1-11H,12H2,(H,22,23). The highest BCUT2D eigenvalue weighted by Crippen LogP contribution is 2.34. The number of hydrogen-bond acceptors (Lipinski definition) is 5. The molecule has 0 aliphatic rings. The van der Waals surface area contributed by atoms with Gasteiger partial charge in [-0.3, -0.25) is 4.98 Å². The lowest BCUT2D eigenvalue weighted by atomic mass is 10.2. The molecule has 0 spiro atoms. The van der Waals surface area contributed by atoms with E-state index < -0.39 is 0 Å². The van der Waals surface area contributed by atoms with E-state index >= 15 is 0 Å². The molecule has 0 amide bonds. The van der Waals surface area contributed by atoms with E-state index in [-0.39, 0.29) is 5.82 Å². The van der Waals surface area contributed by atoms with Crippen LogP contribution in [0.15, 0.2) is 71.5 Å². The number of benzene rings is 2. The van der Waals surface area contributed by atoms with Crippen LogP contribution >= 0.6 is 0 Å². The number of aromatic nitrogens is 2. The molecule has 6 heteroatoms. The molecule has 25 heavy (non-hydrogen) atoms. The predicted molar refractivity (Wildman–Crippen MR) is 92.3 cm³/mol. The molecule has 0 unspecified atom stereocenters. The predicted octanol–water partition coefficient (Wildman–Crippen LogP) is 4.68. The highest BCUT2D eigenvalue weighted by atomic mass is 19.1. The van der Waals surface area contributed by atoms with Crippen molar-refractivity contribution in [2.45, 2.75) is 6.61 Å². The molecule has 1 N–H and O–H groups in total. The SMILES string of the molecule is Fc1ccc(COc2cccc3onc(Nc4cccnc4)c23)cc1. The molecule has 0 saturated heterocycles. The molecule has 2 heterocycles. The topological polar surface area (TPSA) is 60.2 Å². The number of rotatable bonds is 5. The van der Waals surface area contributed by atoms with Crippen LogP contribution in [0.4, 0.5) is 15.9 Å². The highest BCUT2D eigenvalue weighted by Gasteiger charge is 2.14. The van der Waals surface area contributed by atoms with Gasteiger partial charge in [-0.05, 0) is 42.0 Å². The van der Waals surface area contributed by atoms with Gasteiger partial charge in [0.1, 0.15) is 23.6 Å². The summed E-state index contributed by atoms with van der Waals surface area (Å²) < 4.78 is 24.3. The number of fused-ring (bicyclic) bond motifs is 1. The Balaban J connectivity index is 1.62. The number of hydrogen-bond donors (Lipinski definition) is 1.